The molecule has 0 amide bonds. The summed E-state index contributed by atoms with van der Waals surface area (Å²) >= 11 is 0. The van der Waals surface area contributed by atoms with Crippen molar-refractivity contribution in [2.24, 2.45) is 0 Å². The molecule has 0 bridgehead atoms. The van der Waals surface area contributed by atoms with Crippen LogP contribution in [0, 0.1) is 0 Å². The van der Waals surface area contributed by atoms with Crippen LogP contribution in [0.25, 0.3) is 27.3 Å². The molecule has 0 spiro atoms. The summed E-state index contributed by atoms with van der Waals surface area (Å²) < 4.78 is 12.6. The van der Waals surface area contributed by atoms with Crippen molar-refractivity contribution in [3.05, 3.63) is 46.9 Å². The van der Waals surface area contributed by atoms with Gasteiger partial charge >= 0.3 is 5.97 Å². The number of carboxylic acids is 1. The van der Waals surface area contributed by atoms with E-state index in [1.165, 1.54) is 12.1 Å². The number of rotatable bonds is 6. The Bertz CT molecular complexity index is 1440. The molecule has 1 fully saturated rings. The van der Waals surface area contributed by atoms with Crippen molar-refractivity contribution in [3.8, 4) is 5.75 Å². The molecule has 178 valence electrons. The Morgan fingerprint density at radius 3 is 2.71 bits per heavy atom. The number of aromatic nitrogens is 2. The van der Waals surface area contributed by atoms with Crippen LogP contribution in [0.15, 0.2) is 41.5 Å². The molecule has 5 rings (SSSR count). The normalized spacial score (nSPS) is 25.2. The van der Waals surface area contributed by atoms with Gasteiger partial charge in [-0.3, -0.25) is 9.20 Å². The summed E-state index contributed by atoms with van der Waals surface area (Å²) in [7, 11) is 0. The maximum Gasteiger partial charge on any atom is 0.335 e. The Kier molecular flexibility index (Phi) is 5.48. The molecule has 5 atom stereocenters. The molecule has 3 heterocycles. The first kappa shape index (κ1) is 22.3. The second kappa shape index (κ2) is 8.37. The van der Waals surface area contributed by atoms with Crippen molar-refractivity contribution in [1.82, 2.24) is 9.38 Å². The molecule has 1 aliphatic rings. The molecule has 0 aliphatic carbocycles. The minimum Gasteiger partial charge on any atom is -0.479 e. The van der Waals surface area contributed by atoms with E-state index in [0.717, 1.165) is 6.42 Å². The maximum atomic E-state index is 13.6. The topological polar surface area (TPSA) is 163 Å². The number of nitrogens with one attached hydrogen (secondary N) is 1. The van der Waals surface area contributed by atoms with Gasteiger partial charge in [0.15, 0.2) is 11.5 Å². The van der Waals surface area contributed by atoms with Gasteiger partial charge in [-0.25, -0.2) is 9.78 Å². The van der Waals surface area contributed by atoms with Gasteiger partial charge in [-0.05, 0) is 36.8 Å². The summed E-state index contributed by atoms with van der Waals surface area (Å²) in [5.74, 6) is -1.40. The van der Waals surface area contributed by atoms with Crippen LogP contribution in [-0.4, -0.2) is 73.0 Å². The Morgan fingerprint density at radius 2 is 1.97 bits per heavy atom. The van der Waals surface area contributed by atoms with E-state index in [0.29, 0.717) is 39.6 Å². The number of hydrogen-bond donors (Lipinski definition) is 5. The van der Waals surface area contributed by atoms with Gasteiger partial charge in [-0.1, -0.05) is 6.92 Å². The molecular weight excluding hydrogens is 446 g/mol. The van der Waals surface area contributed by atoms with Gasteiger partial charge < -0.3 is 35.2 Å². The third-order valence-electron chi connectivity index (χ3n) is 6.04. The first-order chi connectivity index (χ1) is 16.3. The fourth-order valence-electron chi connectivity index (χ4n) is 4.32. The zero-order valence-electron chi connectivity index (χ0n) is 18.1. The van der Waals surface area contributed by atoms with Crippen molar-refractivity contribution in [3.63, 3.8) is 0 Å². The molecule has 2 aromatic heterocycles. The number of benzene rings is 2. The highest BCUT2D eigenvalue weighted by Gasteiger charge is 2.48. The lowest BCUT2D eigenvalue weighted by atomic mass is 9.99. The van der Waals surface area contributed by atoms with Crippen molar-refractivity contribution in [2.45, 2.75) is 44.1 Å². The molecule has 4 aromatic rings. The van der Waals surface area contributed by atoms with Crippen LogP contribution in [0.4, 0.5) is 5.69 Å². The number of aliphatic hydroxyl groups excluding tert-OH is 3. The quantitative estimate of drug-likeness (QED) is 0.252. The fourth-order valence-corrected chi connectivity index (χ4v) is 4.32. The van der Waals surface area contributed by atoms with E-state index in [9.17, 15) is 30.0 Å². The Morgan fingerprint density at radius 1 is 1.18 bits per heavy atom. The van der Waals surface area contributed by atoms with E-state index in [1.54, 1.807) is 12.4 Å². The summed E-state index contributed by atoms with van der Waals surface area (Å²) in [5.41, 5.74) is 2.40. The number of aliphatic carboxylic acids is 1. The smallest absolute Gasteiger partial charge is 0.335 e. The van der Waals surface area contributed by atoms with Crippen molar-refractivity contribution >= 4 is 39.0 Å². The number of carboxylic acid groups (broad SMARTS) is 1. The van der Waals surface area contributed by atoms with Gasteiger partial charge in [-0.2, -0.15) is 0 Å². The molecule has 11 heteroatoms. The number of nitrogens with zero attached hydrogens (tertiary/aromatic N) is 2. The van der Waals surface area contributed by atoms with Gasteiger partial charge in [0, 0.05) is 12.2 Å². The highest BCUT2D eigenvalue weighted by atomic mass is 16.7. The van der Waals surface area contributed by atoms with E-state index in [-0.39, 0.29) is 11.2 Å². The lowest BCUT2D eigenvalue weighted by molar-refractivity contribution is -0.271. The third-order valence-corrected chi connectivity index (χ3v) is 6.04. The van der Waals surface area contributed by atoms with Gasteiger partial charge in [-0.15, -0.1) is 0 Å². The zero-order valence-corrected chi connectivity index (χ0v) is 18.1. The predicted octanol–water partition coefficient (Wildman–Crippen LogP) is 0.532. The SMILES string of the molecule is CCCNc1ccc2ncn3c4ccc(OC5OC(C(=O)O)C(O)C(O)C5O)cc4c(=O)c1c23. The third kappa shape index (κ3) is 3.41. The highest BCUT2D eigenvalue weighted by Crippen LogP contribution is 2.31. The largest absolute Gasteiger partial charge is 0.479 e. The summed E-state index contributed by atoms with van der Waals surface area (Å²) in [4.78, 5) is 29.3. The van der Waals surface area contributed by atoms with Crippen LogP contribution in [0.1, 0.15) is 13.3 Å². The van der Waals surface area contributed by atoms with Crippen LogP contribution in [-0.2, 0) is 9.53 Å². The second-order valence-electron chi connectivity index (χ2n) is 8.26. The van der Waals surface area contributed by atoms with Crippen LogP contribution in [0.3, 0.4) is 0 Å². The molecule has 5 unspecified atom stereocenters. The van der Waals surface area contributed by atoms with E-state index >= 15 is 0 Å². The summed E-state index contributed by atoms with van der Waals surface area (Å²) in [6, 6.07) is 8.31. The monoisotopic (exact) mass is 469 g/mol. The van der Waals surface area contributed by atoms with Crippen molar-refractivity contribution in [2.75, 3.05) is 11.9 Å². The van der Waals surface area contributed by atoms with E-state index in [4.69, 9.17) is 9.47 Å². The number of anilines is 1. The average Bonchev–Trinajstić information content (AvgIpc) is 3.26. The number of ether oxygens (including phenoxy) is 2. The first-order valence-corrected chi connectivity index (χ1v) is 10.8. The average molecular weight is 469 g/mol. The zero-order chi connectivity index (χ0) is 24.1. The highest BCUT2D eigenvalue weighted by molar-refractivity contribution is 6.07. The van der Waals surface area contributed by atoms with Crippen LogP contribution in [0.5, 0.6) is 5.75 Å². The van der Waals surface area contributed by atoms with Gasteiger partial charge in [0.05, 0.1) is 27.3 Å². The number of imidazole rings is 1. The Hall–Kier alpha value is -3.51. The summed E-state index contributed by atoms with van der Waals surface area (Å²) in [6.45, 7) is 2.71. The molecule has 1 saturated heterocycles. The Labute approximate surface area is 192 Å². The maximum absolute atomic E-state index is 13.6. The van der Waals surface area contributed by atoms with E-state index in [2.05, 4.69) is 10.3 Å². The standard InChI is InChI=1S/C23H23N3O8/c1-2-7-24-12-4-5-13-16-15(12)17(27)11-8-10(3-6-14(11)26(16)9-25-13)33-23-20(30)18(28)19(29)21(34-23)22(31)32/h3-6,8-9,18-21,23-24,28-30H,2,7H2,1H3,(H,31,32). The van der Waals surface area contributed by atoms with Crippen LogP contribution in [0.2, 0.25) is 0 Å². The number of fused-ring (bicyclic) bond motifs is 2. The van der Waals surface area contributed by atoms with Crippen molar-refractivity contribution in [1.29, 1.82) is 0 Å². The van der Waals surface area contributed by atoms with E-state index in [1.807, 2.05) is 23.5 Å². The summed E-state index contributed by atoms with van der Waals surface area (Å²) in [6.07, 6.45) is -6.19. The number of carbonyl (C=O) groups is 1. The Balaban J connectivity index is 1.59. The van der Waals surface area contributed by atoms with Gasteiger partial charge in [0.2, 0.25) is 6.29 Å². The fraction of sp³-hybridized carbons (Fsp3) is 0.348. The number of hydrogen-bond acceptors (Lipinski definition) is 9. The molecule has 34 heavy (non-hydrogen) atoms. The number of pyridine rings is 1. The van der Waals surface area contributed by atoms with Gasteiger partial charge in [0.25, 0.3) is 0 Å². The molecule has 0 saturated carbocycles. The van der Waals surface area contributed by atoms with Crippen molar-refractivity contribution < 1.29 is 34.7 Å². The lowest BCUT2D eigenvalue weighted by Crippen LogP contribution is -2.61. The summed E-state index contributed by atoms with van der Waals surface area (Å²) in [5, 5.41) is 43.4. The minimum absolute atomic E-state index is 0.114. The van der Waals surface area contributed by atoms with Crippen LogP contribution < -0.4 is 15.5 Å². The first-order valence-electron chi connectivity index (χ1n) is 10.8. The number of aliphatic hydroxyl groups is 3. The molecule has 11 nitrogen and oxygen atoms in total. The van der Waals surface area contributed by atoms with E-state index < -0.39 is 36.7 Å². The van der Waals surface area contributed by atoms with Gasteiger partial charge in [0.1, 0.15) is 30.4 Å². The molecule has 1 aliphatic heterocycles. The molecule has 5 N–H and O–H groups in total. The predicted molar refractivity (Wildman–Crippen MR) is 121 cm³/mol. The minimum atomic E-state index is -1.83. The van der Waals surface area contributed by atoms with Crippen LogP contribution >= 0.6 is 0 Å². The lowest BCUT2D eigenvalue weighted by Gasteiger charge is -2.38. The molecule has 0 radical (unpaired) electrons. The molecular formula is C23H23N3O8. The second-order valence-corrected chi connectivity index (χ2v) is 8.26. The molecule has 2 aromatic carbocycles.